The molecule has 0 bridgehead atoms. The number of amides is 1. The first kappa shape index (κ1) is 16.0. The number of nitrogens with zero attached hydrogens (tertiary/aromatic N) is 3. The van der Waals surface area contributed by atoms with Crippen LogP contribution in [0, 0.1) is 6.92 Å². The highest BCUT2D eigenvalue weighted by Crippen LogP contribution is 2.32. The number of aryl methyl sites for hydroxylation is 2. The SMILES string of the molecule is Cc1cc(NC(=O)CSc2ncc(C(C)(C)C)s2)n(C)n1. The highest BCUT2D eigenvalue weighted by molar-refractivity contribution is 8.01. The Kier molecular flexibility index (Phi) is 4.73. The molecule has 21 heavy (non-hydrogen) atoms. The summed E-state index contributed by atoms with van der Waals surface area (Å²) < 4.78 is 2.59. The fourth-order valence-electron chi connectivity index (χ4n) is 1.71. The van der Waals surface area contributed by atoms with Gasteiger partial charge in [0.1, 0.15) is 5.82 Å². The van der Waals surface area contributed by atoms with Gasteiger partial charge in [-0.25, -0.2) is 4.98 Å². The summed E-state index contributed by atoms with van der Waals surface area (Å²) in [7, 11) is 1.81. The summed E-state index contributed by atoms with van der Waals surface area (Å²) >= 11 is 3.11. The van der Waals surface area contributed by atoms with Crippen LogP contribution in [0.2, 0.25) is 0 Å². The lowest BCUT2D eigenvalue weighted by Gasteiger charge is -2.14. The van der Waals surface area contributed by atoms with Crippen molar-refractivity contribution in [1.82, 2.24) is 14.8 Å². The van der Waals surface area contributed by atoms with E-state index in [1.165, 1.54) is 16.6 Å². The van der Waals surface area contributed by atoms with Gasteiger partial charge in [-0.3, -0.25) is 9.48 Å². The minimum absolute atomic E-state index is 0.0458. The predicted octanol–water partition coefficient (Wildman–Crippen LogP) is 3.21. The van der Waals surface area contributed by atoms with E-state index < -0.39 is 0 Å². The molecule has 0 aliphatic rings. The largest absolute Gasteiger partial charge is 0.310 e. The van der Waals surface area contributed by atoms with Crippen LogP contribution in [0.4, 0.5) is 5.82 Å². The van der Waals surface area contributed by atoms with Gasteiger partial charge in [0.2, 0.25) is 5.91 Å². The molecule has 0 fully saturated rings. The molecule has 0 saturated carbocycles. The minimum Gasteiger partial charge on any atom is -0.310 e. The Morgan fingerprint density at radius 1 is 1.48 bits per heavy atom. The van der Waals surface area contributed by atoms with Crippen LogP contribution >= 0.6 is 23.1 Å². The number of hydrogen-bond donors (Lipinski definition) is 1. The van der Waals surface area contributed by atoms with Crippen LogP contribution in [0.1, 0.15) is 31.3 Å². The third-order valence-corrected chi connectivity index (χ3v) is 5.40. The number of aromatic nitrogens is 3. The van der Waals surface area contributed by atoms with Crippen molar-refractivity contribution in [3.05, 3.63) is 22.8 Å². The fraction of sp³-hybridized carbons (Fsp3) is 0.500. The topological polar surface area (TPSA) is 59.8 Å². The number of thiazole rings is 1. The summed E-state index contributed by atoms with van der Waals surface area (Å²) in [6, 6.07) is 1.85. The van der Waals surface area contributed by atoms with E-state index in [0.717, 1.165) is 10.0 Å². The molecule has 7 heteroatoms. The van der Waals surface area contributed by atoms with E-state index in [0.29, 0.717) is 11.6 Å². The minimum atomic E-state index is -0.0458. The first-order chi connectivity index (χ1) is 9.75. The van der Waals surface area contributed by atoms with Crippen LogP contribution in [0.3, 0.4) is 0 Å². The lowest BCUT2D eigenvalue weighted by Crippen LogP contribution is -2.16. The summed E-state index contributed by atoms with van der Waals surface area (Å²) in [5.41, 5.74) is 0.987. The molecule has 0 spiro atoms. The second kappa shape index (κ2) is 6.19. The van der Waals surface area contributed by atoms with E-state index in [9.17, 15) is 4.79 Å². The molecule has 0 saturated heterocycles. The Bertz CT molecular complexity index is 640. The average Bonchev–Trinajstić information content (AvgIpc) is 2.94. The van der Waals surface area contributed by atoms with Crippen molar-refractivity contribution in [2.45, 2.75) is 37.4 Å². The number of hydrogen-bond acceptors (Lipinski definition) is 5. The Morgan fingerprint density at radius 3 is 2.71 bits per heavy atom. The summed E-state index contributed by atoms with van der Waals surface area (Å²) in [6.45, 7) is 8.37. The Morgan fingerprint density at radius 2 is 2.19 bits per heavy atom. The van der Waals surface area contributed by atoms with Crippen molar-refractivity contribution < 1.29 is 4.79 Å². The average molecular weight is 324 g/mol. The molecule has 2 aromatic rings. The van der Waals surface area contributed by atoms with E-state index in [2.05, 4.69) is 36.2 Å². The zero-order valence-electron chi connectivity index (χ0n) is 12.9. The first-order valence-corrected chi connectivity index (χ1v) is 8.45. The van der Waals surface area contributed by atoms with Crippen LogP contribution in [0.5, 0.6) is 0 Å². The smallest absolute Gasteiger partial charge is 0.235 e. The van der Waals surface area contributed by atoms with Gasteiger partial charge in [0.25, 0.3) is 0 Å². The standard InChI is InChI=1S/C14H20N4OS2/c1-9-6-11(18(5)17-9)16-12(19)8-20-13-15-7-10(21-13)14(2,3)4/h6-7H,8H2,1-5H3,(H,16,19). The van der Waals surface area contributed by atoms with Crippen LogP contribution in [-0.2, 0) is 17.3 Å². The Hall–Kier alpha value is -1.34. The number of carbonyl (C=O) groups is 1. The number of nitrogens with one attached hydrogen (secondary N) is 1. The maximum absolute atomic E-state index is 12.0. The number of carbonyl (C=O) groups excluding carboxylic acids is 1. The molecule has 0 unspecified atom stereocenters. The van der Waals surface area contributed by atoms with Crippen molar-refractivity contribution >= 4 is 34.8 Å². The van der Waals surface area contributed by atoms with Gasteiger partial charge < -0.3 is 5.32 Å². The molecule has 0 aliphatic heterocycles. The maximum Gasteiger partial charge on any atom is 0.235 e. The van der Waals surface area contributed by atoms with E-state index in [-0.39, 0.29) is 11.3 Å². The molecule has 1 N–H and O–H groups in total. The van der Waals surface area contributed by atoms with E-state index in [1.54, 1.807) is 16.0 Å². The second-order valence-corrected chi connectivity index (χ2v) is 8.12. The van der Waals surface area contributed by atoms with Gasteiger partial charge in [-0.2, -0.15) is 5.10 Å². The van der Waals surface area contributed by atoms with Crippen molar-refractivity contribution in [3.63, 3.8) is 0 Å². The van der Waals surface area contributed by atoms with Crippen LogP contribution in [0.25, 0.3) is 0 Å². The Balaban J connectivity index is 1.89. The molecule has 0 aliphatic carbocycles. The van der Waals surface area contributed by atoms with E-state index in [4.69, 9.17) is 0 Å². The third-order valence-electron chi connectivity index (χ3n) is 2.82. The molecule has 0 radical (unpaired) electrons. The molecular formula is C14H20N4OS2. The maximum atomic E-state index is 12.0. The fourth-order valence-corrected chi connectivity index (χ4v) is 3.55. The van der Waals surface area contributed by atoms with E-state index >= 15 is 0 Å². The molecule has 0 atom stereocenters. The van der Waals surface area contributed by atoms with Crippen molar-refractivity contribution in [2.24, 2.45) is 7.05 Å². The van der Waals surface area contributed by atoms with Crippen LogP contribution in [0.15, 0.2) is 16.6 Å². The lowest BCUT2D eigenvalue weighted by atomic mass is 9.96. The molecule has 5 nitrogen and oxygen atoms in total. The summed E-state index contributed by atoms with van der Waals surface area (Å²) in [4.78, 5) is 17.6. The van der Waals surface area contributed by atoms with Crippen molar-refractivity contribution in [1.29, 1.82) is 0 Å². The Labute approximate surface area is 133 Å². The number of thioether (sulfide) groups is 1. The van der Waals surface area contributed by atoms with Crippen LogP contribution in [-0.4, -0.2) is 26.4 Å². The summed E-state index contributed by atoms with van der Waals surface area (Å²) in [6.07, 6.45) is 1.90. The lowest BCUT2D eigenvalue weighted by molar-refractivity contribution is -0.113. The first-order valence-electron chi connectivity index (χ1n) is 6.65. The van der Waals surface area contributed by atoms with Crippen LogP contribution < -0.4 is 5.32 Å². The van der Waals surface area contributed by atoms with Crippen molar-refractivity contribution in [3.8, 4) is 0 Å². The second-order valence-electron chi connectivity index (χ2n) is 5.87. The molecule has 2 aromatic heterocycles. The van der Waals surface area contributed by atoms with Gasteiger partial charge in [0.05, 0.1) is 11.4 Å². The molecule has 1 amide bonds. The molecule has 2 rings (SSSR count). The zero-order chi connectivity index (χ0) is 15.6. The monoisotopic (exact) mass is 324 g/mol. The molecule has 0 aromatic carbocycles. The molecule has 2 heterocycles. The normalized spacial score (nSPS) is 11.7. The third kappa shape index (κ3) is 4.31. The van der Waals surface area contributed by atoms with E-state index in [1.807, 2.05) is 26.2 Å². The quantitative estimate of drug-likeness (QED) is 0.877. The number of anilines is 1. The zero-order valence-corrected chi connectivity index (χ0v) is 14.6. The van der Waals surface area contributed by atoms with Gasteiger partial charge in [0, 0.05) is 24.2 Å². The predicted molar refractivity (Wildman–Crippen MR) is 88.1 cm³/mol. The van der Waals surface area contributed by atoms with Gasteiger partial charge in [-0.1, -0.05) is 32.5 Å². The highest BCUT2D eigenvalue weighted by Gasteiger charge is 2.17. The molecular weight excluding hydrogens is 304 g/mol. The highest BCUT2D eigenvalue weighted by atomic mass is 32.2. The molecule has 114 valence electrons. The van der Waals surface area contributed by atoms with Gasteiger partial charge in [-0.15, -0.1) is 11.3 Å². The van der Waals surface area contributed by atoms with Gasteiger partial charge >= 0.3 is 0 Å². The number of rotatable bonds is 4. The van der Waals surface area contributed by atoms with Crippen molar-refractivity contribution in [2.75, 3.05) is 11.1 Å². The van der Waals surface area contributed by atoms with Gasteiger partial charge in [-0.05, 0) is 12.3 Å². The van der Waals surface area contributed by atoms with Gasteiger partial charge in [0.15, 0.2) is 4.34 Å². The summed E-state index contributed by atoms with van der Waals surface area (Å²) in [5.74, 6) is 1.02. The summed E-state index contributed by atoms with van der Waals surface area (Å²) in [5, 5.41) is 7.05.